The molecule has 6 rings (SSSR count). The van der Waals surface area contributed by atoms with Gasteiger partial charge in [0, 0.05) is 43.0 Å². The van der Waals surface area contributed by atoms with E-state index in [1.165, 1.54) is 19.3 Å². The van der Waals surface area contributed by atoms with Gasteiger partial charge < -0.3 is 19.6 Å². The highest BCUT2D eigenvalue weighted by atomic mass is 16.5. The summed E-state index contributed by atoms with van der Waals surface area (Å²) < 4.78 is 5.96. The van der Waals surface area contributed by atoms with Gasteiger partial charge in [0.2, 0.25) is 0 Å². The number of benzene rings is 2. The monoisotopic (exact) mass is 472 g/mol. The number of anilines is 2. The van der Waals surface area contributed by atoms with Gasteiger partial charge in [0.15, 0.2) is 11.5 Å². The molecule has 3 aliphatic rings. The van der Waals surface area contributed by atoms with Gasteiger partial charge in [-0.3, -0.25) is 4.79 Å². The number of nitrogens with one attached hydrogen (secondary N) is 1. The molecule has 184 valence electrons. The predicted octanol–water partition coefficient (Wildman–Crippen LogP) is 5.67. The zero-order valence-electron chi connectivity index (χ0n) is 21.1. The van der Waals surface area contributed by atoms with Crippen LogP contribution in [0, 0.1) is 17.8 Å². The van der Waals surface area contributed by atoms with Crippen molar-refractivity contribution in [3.63, 3.8) is 0 Å². The summed E-state index contributed by atoms with van der Waals surface area (Å²) in [7, 11) is 0. The molecule has 0 bridgehead atoms. The van der Waals surface area contributed by atoms with Gasteiger partial charge >= 0.3 is 0 Å². The molecule has 3 heterocycles. The van der Waals surface area contributed by atoms with E-state index >= 15 is 0 Å². The molecule has 0 amide bonds. The fourth-order valence-electron chi connectivity index (χ4n) is 6.42. The third-order valence-corrected chi connectivity index (χ3v) is 8.21. The van der Waals surface area contributed by atoms with Crippen molar-refractivity contribution in [3.8, 4) is 11.3 Å². The summed E-state index contributed by atoms with van der Waals surface area (Å²) >= 11 is 0. The molecule has 1 N–H and O–H groups in total. The number of hydrogen-bond donors (Lipinski definition) is 1. The van der Waals surface area contributed by atoms with E-state index in [1.807, 2.05) is 24.3 Å². The topological polar surface area (TPSA) is 61.6 Å². The standard InChI is InChI=1S/C29H36N4O2/c1-18-8-11-32(12-9-18)13-10-30-23-15-24(33-16-19(2)14-20(3)17-33)27-26-25(23)28(34)21-6-4-5-7-22(21)29(26)35-31-27/h4-7,15,18-20,30H,8-14,16-17H2,1-3H3/t19-,20-/m1/s1. The number of rotatable bonds is 5. The van der Waals surface area contributed by atoms with Gasteiger partial charge in [0.05, 0.1) is 16.6 Å². The van der Waals surface area contributed by atoms with E-state index < -0.39 is 0 Å². The van der Waals surface area contributed by atoms with Gasteiger partial charge in [-0.15, -0.1) is 0 Å². The lowest BCUT2D eigenvalue weighted by atomic mass is 9.85. The van der Waals surface area contributed by atoms with Crippen LogP contribution in [0.2, 0.25) is 0 Å². The SMILES string of the molecule is CC1CCN(CCNc2cc(N3C[C@H](C)C[C@@H](C)C3)c3noc4c3c2C(=O)c2ccccc2-4)CC1. The Labute approximate surface area is 207 Å². The lowest BCUT2D eigenvalue weighted by molar-refractivity contribution is 0.104. The summed E-state index contributed by atoms with van der Waals surface area (Å²) in [6, 6.07) is 9.92. The molecule has 6 heteroatoms. The first-order valence-corrected chi connectivity index (χ1v) is 13.3. The summed E-state index contributed by atoms with van der Waals surface area (Å²) in [5.41, 5.74) is 5.06. The van der Waals surface area contributed by atoms with Crippen LogP contribution < -0.4 is 10.2 Å². The van der Waals surface area contributed by atoms with Crippen LogP contribution in [0.1, 0.15) is 56.0 Å². The summed E-state index contributed by atoms with van der Waals surface area (Å²) in [5.74, 6) is 2.84. The van der Waals surface area contributed by atoms with Gasteiger partial charge in [-0.2, -0.15) is 0 Å². The molecule has 35 heavy (non-hydrogen) atoms. The van der Waals surface area contributed by atoms with E-state index in [9.17, 15) is 4.79 Å². The van der Waals surface area contributed by atoms with Crippen LogP contribution in [0.15, 0.2) is 34.9 Å². The highest BCUT2D eigenvalue weighted by Gasteiger charge is 2.34. The molecule has 0 spiro atoms. The Bertz CT molecular complexity index is 1250. The zero-order chi connectivity index (χ0) is 24.1. The van der Waals surface area contributed by atoms with Gasteiger partial charge in [-0.1, -0.05) is 50.2 Å². The van der Waals surface area contributed by atoms with Crippen LogP contribution >= 0.6 is 0 Å². The Balaban J connectivity index is 1.40. The number of carbonyl (C=O) groups is 1. The summed E-state index contributed by atoms with van der Waals surface area (Å²) in [6.45, 7) is 13.1. The minimum Gasteiger partial charge on any atom is -0.383 e. The van der Waals surface area contributed by atoms with Crippen LogP contribution in [0.3, 0.4) is 0 Å². The van der Waals surface area contributed by atoms with Crippen molar-refractivity contribution in [1.29, 1.82) is 0 Å². The third kappa shape index (κ3) is 4.02. The van der Waals surface area contributed by atoms with Crippen molar-refractivity contribution in [3.05, 3.63) is 41.5 Å². The molecule has 2 aliphatic heterocycles. The maximum atomic E-state index is 13.8. The van der Waals surface area contributed by atoms with E-state index in [1.54, 1.807) is 0 Å². The Hall–Kier alpha value is -2.86. The van der Waals surface area contributed by atoms with Gasteiger partial charge in [-0.05, 0) is 56.2 Å². The molecular weight excluding hydrogens is 436 g/mol. The number of aromatic nitrogens is 1. The predicted molar refractivity (Wildman–Crippen MR) is 141 cm³/mol. The maximum absolute atomic E-state index is 13.8. The van der Waals surface area contributed by atoms with E-state index in [0.29, 0.717) is 23.0 Å². The van der Waals surface area contributed by atoms with E-state index in [-0.39, 0.29) is 5.78 Å². The molecule has 0 radical (unpaired) electrons. The van der Waals surface area contributed by atoms with Crippen LogP contribution in [-0.2, 0) is 0 Å². The molecular formula is C29H36N4O2. The average Bonchev–Trinajstić information content (AvgIpc) is 3.28. The molecule has 1 aromatic heterocycles. The van der Waals surface area contributed by atoms with Crippen LogP contribution in [0.4, 0.5) is 11.4 Å². The quantitative estimate of drug-likeness (QED) is 0.404. The molecule has 0 unspecified atom stereocenters. The largest absolute Gasteiger partial charge is 0.383 e. The molecule has 3 aromatic rings. The zero-order valence-corrected chi connectivity index (χ0v) is 21.1. The normalized spacial score (nSPS) is 23.1. The number of likely N-dealkylation sites (tertiary alicyclic amines) is 1. The minimum atomic E-state index is 0.0579. The Morgan fingerprint density at radius 3 is 2.49 bits per heavy atom. The summed E-state index contributed by atoms with van der Waals surface area (Å²) in [6.07, 6.45) is 3.78. The van der Waals surface area contributed by atoms with Crippen LogP contribution in [0.25, 0.3) is 22.2 Å². The molecule has 6 nitrogen and oxygen atoms in total. The molecule has 2 atom stereocenters. The van der Waals surface area contributed by atoms with Gasteiger partial charge in [0.25, 0.3) is 0 Å². The number of piperidine rings is 2. The Morgan fingerprint density at radius 1 is 1.03 bits per heavy atom. The molecule has 2 aromatic carbocycles. The number of hydrogen-bond acceptors (Lipinski definition) is 6. The second kappa shape index (κ2) is 8.98. The number of carbonyl (C=O) groups excluding carboxylic acids is 1. The van der Waals surface area contributed by atoms with Crippen LogP contribution in [0.5, 0.6) is 0 Å². The first-order chi connectivity index (χ1) is 17.0. The molecule has 0 saturated carbocycles. The first kappa shape index (κ1) is 22.6. The van der Waals surface area contributed by atoms with E-state index in [4.69, 9.17) is 4.52 Å². The molecule has 2 fully saturated rings. The first-order valence-electron chi connectivity index (χ1n) is 13.3. The summed E-state index contributed by atoms with van der Waals surface area (Å²) in [4.78, 5) is 18.8. The highest BCUT2D eigenvalue weighted by molar-refractivity contribution is 6.28. The van der Waals surface area contributed by atoms with Crippen molar-refractivity contribution >= 4 is 28.1 Å². The number of fused-ring (bicyclic) bond motifs is 2. The fourth-order valence-corrected chi connectivity index (χ4v) is 6.42. The minimum absolute atomic E-state index is 0.0579. The van der Waals surface area contributed by atoms with E-state index in [0.717, 1.165) is 78.8 Å². The maximum Gasteiger partial charge on any atom is 0.196 e. The second-order valence-corrected chi connectivity index (χ2v) is 11.2. The smallest absolute Gasteiger partial charge is 0.196 e. The lowest BCUT2D eigenvalue weighted by Gasteiger charge is -2.37. The molecule has 1 aliphatic carbocycles. The molecule has 2 saturated heterocycles. The van der Waals surface area contributed by atoms with Crippen molar-refractivity contribution < 1.29 is 9.32 Å². The number of ketones is 1. The lowest BCUT2D eigenvalue weighted by Crippen LogP contribution is -2.39. The summed E-state index contributed by atoms with van der Waals surface area (Å²) in [5, 5.41) is 9.08. The van der Waals surface area contributed by atoms with Crippen LogP contribution in [-0.4, -0.2) is 55.1 Å². The van der Waals surface area contributed by atoms with Crippen molar-refractivity contribution in [2.45, 2.75) is 40.0 Å². The van der Waals surface area contributed by atoms with E-state index in [2.05, 4.69) is 47.1 Å². The number of nitrogens with zero attached hydrogens (tertiary/aromatic N) is 3. The fraction of sp³-hybridized carbons (Fsp3) is 0.517. The van der Waals surface area contributed by atoms with Crippen molar-refractivity contribution in [2.75, 3.05) is 49.5 Å². The van der Waals surface area contributed by atoms with Crippen molar-refractivity contribution in [1.82, 2.24) is 10.1 Å². The Kier molecular flexibility index (Phi) is 5.79. The third-order valence-electron chi connectivity index (χ3n) is 8.21. The average molecular weight is 473 g/mol. The van der Waals surface area contributed by atoms with Crippen molar-refractivity contribution in [2.24, 2.45) is 17.8 Å². The Morgan fingerprint density at radius 2 is 1.74 bits per heavy atom. The van der Waals surface area contributed by atoms with Gasteiger partial charge in [0.1, 0.15) is 5.52 Å². The highest BCUT2D eigenvalue weighted by Crippen LogP contribution is 2.46. The van der Waals surface area contributed by atoms with Gasteiger partial charge in [-0.25, -0.2) is 0 Å². The second-order valence-electron chi connectivity index (χ2n) is 11.2.